The summed E-state index contributed by atoms with van der Waals surface area (Å²) in [6, 6.07) is 16.9. The Hall–Kier alpha value is -2.24. The second kappa shape index (κ2) is 7.64. The van der Waals surface area contributed by atoms with E-state index in [1.54, 1.807) is 11.3 Å². The minimum absolute atomic E-state index is 0.269. The van der Waals surface area contributed by atoms with E-state index < -0.39 is 0 Å². The molecule has 5 heteroatoms. The maximum atomic E-state index is 13.0. The second-order valence-corrected chi connectivity index (χ2v) is 8.99. The summed E-state index contributed by atoms with van der Waals surface area (Å²) in [5, 5.41) is 1.19. The number of fused-ring (bicyclic) bond motifs is 2. The highest BCUT2D eigenvalue weighted by Gasteiger charge is 2.28. The van der Waals surface area contributed by atoms with Crippen molar-refractivity contribution < 1.29 is 4.79 Å². The van der Waals surface area contributed by atoms with Crippen LogP contribution >= 0.6 is 11.3 Å². The van der Waals surface area contributed by atoms with Crippen LogP contribution in [0.1, 0.15) is 34.9 Å². The topological polar surface area (TPSA) is 36.4 Å². The SMILES string of the molecule is O=C(CN1CCc2ccccc2C1)N1CCC[C@@H](c2nc3ccccc3s2)C1. The normalized spacial score (nSPS) is 20.3. The lowest BCUT2D eigenvalue weighted by Gasteiger charge is -2.34. The summed E-state index contributed by atoms with van der Waals surface area (Å²) in [6.45, 7) is 4.07. The third kappa shape index (κ3) is 3.56. The molecule has 3 heterocycles. The minimum Gasteiger partial charge on any atom is -0.341 e. The zero-order chi connectivity index (χ0) is 18.9. The molecule has 1 aromatic heterocycles. The van der Waals surface area contributed by atoms with Gasteiger partial charge in [-0.3, -0.25) is 9.69 Å². The molecule has 0 aliphatic carbocycles. The van der Waals surface area contributed by atoms with Crippen LogP contribution in [0.4, 0.5) is 0 Å². The van der Waals surface area contributed by atoms with Crippen LogP contribution in [0.2, 0.25) is 0 Å². The van der Waals surface area contributed by atoms with Gasteiger partial charge in [0.15, 0.2) is 0 Å². The monoisotopic (exact) mass is 391 g/mol. The fourth-order valence-corrected chi connectivity index (χ4v) is 5.54. The summed E-state index contributed by atoms with van der Waals surface area (Å²) in [5.41, 5.74) is 3.88. The zero-order valence-electron chi connectivity index (χ0n) is 16.0. The Bertz CT molecular complexity index is 965. The third-order valence-electron chi connectivity index (χ3n) is 6.00. The van der Waals surface area contributed by atoms with E-state index in [1.807, 2.05) is 6.07 Å². The number of carbonyl (C=O) groups is 1. The van der Waals surface area contributed by atoms with Crippen LogP contribution in [0.5, 0.6) is 0 Å². The molecule has 0 unspecified atom stereocenters. The molecule has 2 aliphatic heterocycles. The first-order valence-corrected chi connectivity index (χ1v) is 11.0. The molecule has 4 nitrogen and oxygen atoms in total. The lowest BCUT2D eigenvalue weighted by Crippen LogP contribution is -2.45. The fourth-order valence-electron chi connectivity index (χ4n) is 4.45. The lowest BCUT2D eigenvalue weighted by molar-refractivity contribution is -0.133. The molecule has 1 amide bonds. The van der Waals surface area contributed by atoms with Gasteiger partial charge < -0.3 is 4.90 Å². The molecule has 0 bridgehead atoms. The molecule has 0 spiro atoms. The van der Waals surface area contributed by atoms with E-state index in [1.165, 1.54) is 20.8 Å². The Morgan fingerprint density at radius 3 is 2.79 bits per heavy atom. The quantitative estimate of drug-likeness (QED) is 0.676. The van der Waals surface area contributed by atoms with Crippen molar-refractivity contribution >= 4 is 27.5 Å². The Morgan fingerprint density at radius 2 is 1.89 bits per heavy atom. The van der Waals surface area contributed by atoms with E-state index in [0.29, 0.717) is 12.5 Å². The van der Waals surface area contributed by atoms with Gasteiger partial charge in [-0.2, -0.15) is 0 Å². The Labute approximate surface area is 169 Å². The smallest absolute Gasteiger partial charge is 0.236 e. The number of thiazole rings is 1. The average Bonchev–Trinajstić information content (AvgIpc) is 3.18. The number of nitrogens with zero attached hydrogens (tertiary/aromatic N) is 3. The summed E-state index contributed by atoms with van der Waals surface area (Å²) >= 11 is 1.79. The van der Waals surface area contributed by atoms with Crippen molar-refractivity contribution in [3.8, 4) is 0 Å². The number of benzene rings is 2. The molecule has 0 N–H and O–H groups in total. The number of amides is 1. The number of aromatic nitrogens is 1. The van der Waals surface area contributed by atoms with Crippen LogP contribution < -0.4 is 0 Å². The van der Waals surface area contributed by atoms with Gasteiger partial charge >= 0.3 is 0 Å². The van der Waals surface area contributed by atoms with Crippen molar-refractivity contribution in [1.29, 1.82) is 0 Å². The van der Waals surface area contributed by atoms with Crippen LogP contribution in [-0.2, 0) is 17.8 Å². The van der Waals surface area contributed by atoms with Crippen molar-refractivity contribution in [2.75, 3.05) is 26.2 Å². The highest BCUT2D eigenvalue weighted by Crippen LogP contribution is 2.33. The molecular weight excluding hydrogens is 366 g/mol. The van der Waals surface area contributed by atoms with Crippen LogP contribution in [0.25, 0.3) is 10.2 Å². The van der Waals surface area contributed by atoms with E-state index in [2.05, 4.69) is 52.3 Å². The number of para-hydroxylation sites is 1. The molecular formula is C23H25N3OS. The van der Waals surface area contributed by atoms with Gasteiger partial charge in [-0.05, 0) is 42.5 Å². The predicted octanol–water partition coefficient (Wildman–Crippen LogP) is 4.06. The molecule has 28 heavy (non-hydrogen) atoms. The standard InChI is InChI=1S/C23H25N3OS/c27-22(16-25-13-11-17-6-1-2-7-18(17)14-25)26-12-5-8-19(15-26)23-24-20-9-3-4-10-21(20)28-23/h1-4,6-7,9-10,19H,5,8,11-16H2/t19-/m1/s1. The molecule has 3 aromatic rings. The number of hydrogen-bond donors (Lipinski definition) is 0. The molecule has 2 aliphatic rings. The predicted molar refractivity (Wildman–Crippen MR) is 114 cm³/mol. The highest BCUT2D eigenvalue weighted by molar-refractivity contribution is 7.18. The molecule has 1 fully saturated rings. The van der Waals surface area contributed by atoms with Gasteiger partial charge in [0.05, 0.1) is 21.8 Å². The third-order valence-corrected chi connectivity index (χ3v) is 7.20. The molecule has 144 valence electrons. The van der Waals surface area contributed by atoms with Crippen LogP contribution in [0.15, 0.2) is 48.5 Å². The van der Waals surface area contributed by atoms with Gasteiger partial charge in [0.2, 0.25) is 5.91 Å². The largest absolute Gasteiger partial charge is 0.341 e. The Kier molecular flexibility index (Phi) is 4.87. The number of carbonyl (C=O) groups excluding carboxylic acids is 1. The van der Waals surface area contributed by atoms with Crippen molar-refractivity contribution in [1.82, 2.24) is 14.8 Å². The first-order valence-electron chi connectivity index (χ1n) is 10.2. The van der Waals surface area contributed by atoms with E-state index >= 15 is 0 Å². The molecule has 0 radical (unpaired) electrons. The summed E-state index contributed by atoms with van der Waals surface area (Å²) in [4.78, 5) is 22.2. The Morgan fingerprint density at radius 1 is 1.07 bits per heavy atom. The van der Waals surface area contributed by atoms with Gasteiger partial charge in [0.25, 0.3) is 0 Å². The van der Waals surface area contributed by atoms with E-state index in [9.17, 15) is 4.79 Å². The van der Waals surface area contributed by atoms with E-state index in [4.69, 9.17) is 4.98 Å². The maximum absolute atomic E-state index is 13.0. The fraction of sp³-hybridized carbons (Fsp3) is 0.391. The minimum atomic E-state index is 0.269. The second-order valence-electron chi connectivity index (χ2n) is 7.93. The van der Waals surface area contributed by atoms with Crippen molar-refractivity contribution in [3.05, 3.63) is 64.7 Å². The summed E-state index contributed by atoms with van der Waals surface area (Å²) in [7, 11) is 0. The number of rotatable bonds is 3. The molecule has 0 saturated carbocycles. The highest BCUT2D eigenvalue weighted by atomic mass is 32.1. The maximum Gasteiger partial charge on any atom is 0.236 e. The van der Waals surface area contributed by atoms with Gasteiger partial charge in [0.1, 0.15) is 0 Å². The zero-order valence-corrected chi connectivity index (χ0v) is 16.8. The van der Waals surface area contributed by atoms with Gasteiger partial charge in [-0.25, -0.2) is 4.98 Å². The van der Waals surface area contributed by atoms with Crippen molar-refractivity contribution in [2.45, 2.75) is 31.7 Å². The lowest BCUT2D eigenvalue weighted by atomic mass is 9.98. The van der Waals surface area contributed by atoms with Gasteiger partial charge in [-0.15, -0.1) is 11.3 Å². The van der Waals surface area contributed by atoms with Gasteiger partial charge in [-0.1, -0.05) is 36.4 Å². The first kappa shape index (κ1) is 17.8. The molecule has 1 saturated heterocycles. The average molecular weight is 392 g/mol. The van der Waals surface area contributed by atoms with Crippen molar-refractivity contribution in [2.24, 2.45) is 0 Å². The molecule has 2 aromatic carbocycles. The summed E-state index contributed by atoms with van der Waals surface area (Å²) in [6.07, 6.45) is 3.23. The van der Waals surface area contributed by atoms with E-state index in [-0.39, 0.29) is 5.91 Å². The molecule has 1 atom stereocenters. The molecule has 5 rings (SSSR count). The number of hydrogen-bond acceptors (Lipinski definition) is 4. The van der Waals surface area contributed by atoms with E-state index in [0.717, 1.165) is 51.0 Å². The number of piperidine rings is 1. The Balaban J connectivity index is 1.24. The van der Waals surface area contributed by atoms with Crippen LogP contribution in [0, 0.1) is 0 Å². The summed E-state index contributed by atoms with van der Waals surface area (Å²) in [5.74, 6) is 0.641. The first-order chi connectivity index (χ1) is 13.8. The van der Waals surface area contributed by atoms with Crippen molar-refractivity contribution in [3.63, 3.8) is 0 Å². The van der Waals surface area contributed by atoms with Crippen LogP contribution in [-0.4, -0.2) is 46.9 Å². The number of likely N-dealkylation sites (tertiary alicyclic amines) is 1. The van der Waals surface area contributed by atoms with Crippen LogP contribution in [0.3, 0.4) is 0 Å². The summed E-state index contributed by atoms with van der Waals surface area (Å²) < 4.78 is 1.24. The van der Waals surface area contributed by atoms with Gasteiger partial charge in [0, 0.05) is 32.1 Å².